The minimum atomic E-state index is -3.31. The van der Waals surface area contributed by atoms with E-state index in [9.17, 15) is 8.42 Å². The Kier molecular flexibility index (Phi) is 4.77. The second-order valence-electron chi connectivity index (χ2n) is 3.97. The molecule has 0 unspecified atom stereocenters. The summed E-state index contributed by atoms with van der Waals surface area (Å²) in [7, 11) is -3.31. The van der Waals surface area contributed by atoms with Crippen LogP contribution in [-0.2, 0) is 9.84 Å². The molecule has 0 atom stereocenters. The average molecular weight is 304 g/mol. The summed E-state index contributed by atoms with van der Waals surface area (Å²) in [6.07, 6.45) is 1.68. The lowest BCUT2D eigenvalue weighted by atomic mass is 10.2. The van der Waals surface area contributed by atoms with Gasteiger partial charge in [0.25, 0.3) is 0 Å². The number of nitrogens with zero attached hydrogens (tertiary/aromatic N) is 2. The number of nitriles is 1. The van der Waals surface area contributed by atoms with Gasteiger partial charge in [0.15, 0.2) is 9.84 Å². The number of aromatic nitrogens is 1. The second-order valence-corrected chi connectivity index (χ2v) is 7.20. The molecule has 0 aliphatic carbocycles. The first-order chi connectivity index (χ1) is 9.62. The largest absolute Gasteiger partial charge is 0.250 e. The van der Waals surface area contributed by atoms with E-state index in [1.807, 2.05) is 24.3 Å². The normalized spacial score (nSPS) is 10.9. The van der Waals surface area contributed by atoms with Gasteiger partial charge in [-0.2, -0.15) is 5.26 Å². The Bertz CT molecular complexity index is 705. The fourth-order valence-electron chi connectivity index (χ4n) is 1.54. The highest BCUT2D eigenvalue weighted by Crippen LogP contribution is 2.18. The Morgan fingerprint density at radius 1 is 1.15 bits per heavy atom. The molecule has 1 aromatic heterocycles. The van der Waals surface area contributed by atoms with E-state index >= 15 is 0 Å². The summed E-state index contributed by atoms with van der Waals surface area (Å²) in [6, 6.07) is 13.5. The second kappa shape index (κ2) is 6.55. The molecule has 2 aromatic rings. The minimum Gasteiger partial charge on any atom is -0.250 e. The first-order valence-corrected chi connectivity index (χ1v) is 8.52. The fourth-order valence-corrected chi connectivity index (χ4v) is 4.06. The molecule has 0 aliphatic heterocycles. The summed E-state index contributed by atoms with van der Waals surface area (Å²) >= 11 is 1.41. The van der Waals surface area contributed by atoms with E-state index in [1.165, 1.54) is 36.0 Å². The van der Waals surface area contributed by atoms with Crippen LogP contribution in [0.2, 0.25) is 0 Å². The maximum atomic E-state index is 12.1. The van der Waals surface area contributed by atoms with Crippen LogP contribution in [0.4, 0.5) is 0 Å². The van der Waals surface area contributed by atoms with E-state index in [4.69, 9.17) is 5.26 Å². The molecule has 0 bridgehead atoms. The van der Waals surface area contributed by atoms with Crippen LogP contribution in [-0.4, -0.2) is 24.9 Å². The molecule has 1 heterocycles. The molecule has 6 heteroatoms. The smallest absolute Gasteiger partial charge is 0.179 e. The number of rotatable bonds is 5. The van der Waals surface area contributed by atoms with Gasteiger partial charge >= 0.3 is 0 Å². The minimum absolute atomic E-state index is 0.0418. The lowest BCUT2D eigenvalue weighted by molar-refractivity contribution is 0.597. The molecule has 0 radical (unpaired) electrons. The Morgan fingerprint density at radius 3 is 2.50 bits per heavy atom. The van der Waals surface area contributed by atoms with E-state index in [-0.39, 0.29) is 10.6 Å². The molecule has 1 aromatic carbocycles. The Balaban J connectivity index is 1.99. The van der Waals surface area contributed by atoms with Crippen LogP contribution in [0.5, 0.6) is 0 Å². The molecular formula is C14H12N2O2S2. The first kappa shape index (κ1) is 14.6. The predicted molar refractivity (Wildman–Crippen MR) is 78.2 cm³/mol. The van der Waals surface area contributed by atoms with Gasteiger partial charge in [0, 0.05) is 11.9 Å². The van der Waals surface area contributed by atoms with Gasteiger partial charge < -0.3 is 0 Å². The highest BCUT2D eigenvalue weighted by molar-refractivity contribution is 8.00. The average Bonchev–Trinajstić information content (AvgIpc) is 2.48. The molecule has 0 N–H and O–H groups in total. The lowest BCUT2D eigenvalue weighted by Crippen LogP contribution is -2.08. The number of hydrogen-bond acceptors (Lipinski definition) is 5. The van der Waals surface area contributed by atoms with Crippen molar-refractivity contribution in [1.82, 2.24) is 4.98 Å². The van der Waals surface area contributed by atoms with Crippen molar-refractivity contribution < 1.29 is 8.42 Å². The first-order valence-electron chi connectivity index (χ1n) is 5.88. The number of hydrogen-bond donors (Lipinski definition) is 0. The third-order valence-corrected chi connectivity index (χ3v) is 5.52. The molecule has 0 saturated heterocycles. The lowest BCUT2D eigenvalue weighted by Gasteiger charge is -2.04. The monoisotopic (exact) mass is 304 g/mol. The van der Waals surface area contributed by atoms with E-state index < -0.39 is 9.84 Å². The van der Waals surface area contributed by atoms with Crippen LogP contribution in [0.25, 0.3) is 0 Å². The summed E-state index contributed by atoms with van der Waals surface area (Å²) in [5.41, 5.74) is 0.451. The van der Waals surface area contributed by atoms with Crippen molar-refractivity contribution in [2.75, 3.05) is 11.5 Å². The Labute approximate surface area is 122 Å². The van der Waals surface area contributed by atoms with Crippen molar-refractivity contribution in [3.63, 3.8) is 0 Å². The number of pyridine rings is 1. The SMILES string of the molecule is N#Cc1ccc(S(=O)(=O)CCSc2ccccn2)cc1. The van der Waals surface area contributed by atoms with Gasteiger partial charge in [0.1, 0.15) is 0 Å². The van der Waals surface area contributed by atoms with Crippen molar-refractivity contribution >= 4 is 21.6 Å². The van der Waals surface area contributed by atoms with Crippen LogP contribution in [0.1, 0.15) is 5.56 Å². The maximum absolute atomic E-state index is 12.1. The third-order valence-electron chi connectivity index (χ3n) is 2.58. The number of thioether (sulfide) groups is 1. The van der Waals surface area contributed by atoms with Crippen LogP contribution in [0, 0.1) is 11.3 Å². The molecule has 0 amide bonds. The van der Waals surface area contributed by atoms with Crippen molar-refractivity contribution in [1.29, 1.82) is 5.26 Å². The van der Waals surface area contributed by atoms with Gasteiger partial charge in [-0.05, 0) is 36.4 Å². The number of sulfone groups is 1. The van der Waals surface area contributed by atoms with Gasteiger partial charge in [0.05, 0.1) is 27.3 Å². The van der Waals surface area contributed by atoms with Crippen molar-refractivity contribution in [2.45, 2.75) is 9.92 Å². The molecule has 0 spiro atoms. The molecule has 0 fully saturated rings. The molecule has 2 rings (SSSR count). The molecule has 0 saturated carbocycles. The van der Waals surface area contributed by atoms with E-state index in [0.29, 0.717) is 11.3 Å². The molecule has 4 nitrogen and oxygen atoms in total. The fraction of sp³-hybridized carbons (Fsp3) is 0.143. The van der Waals surface area contributed by atoms with Crippen LogP contribution >= 0.6 is 11.8 Å². The summed E-state index contributed by atoms with van der Waals surface area (Å²) in [5, 5.41) is 9.50. The molecule has 20 heavy (non-hydrogen) atoms. The predicted octanol–water partition coefficient (Wildman–Crippen LogP) is 2.52. The molecule has 0 aliphatic rings. The number of benzene rings is 1. The zero-order valence-corrected chi connectivity index (χ0v) is 12.2. The molecule has 102 valence electrons. The summed E-state index contributed by atoms with van der Waals surface area (Å²) in [5.74, 6) is 0.486. The summed E-state index contributed by atoms with van der Waals surface area (Å²) in [4.78, 5) is 4.37. The standard InChI is InChI=1S/C14H12N2O2S2/c15-11-12-4-6-13(7-5-12)20(17,18)10-9-19-14-3-1-2-8-16-14/h1-8H,9-10H2. The Hall–Kier alpha value is -1.84. The van der Waals surface area contributed by atoms with Crippen LogP contribution in [0.15, 0.2) is 58.6 Å². The van der Waals surface area contributed by atoms with Gasteiger partial charge in [0.2, 0.25) is 0 Å². The van der Waals surface area contributed by atoms with E-state index in [1.54, 1.807) is 6.20 Å². The topological polar surface area (TPSA) is 70.8 Å². The van der Waals surface area contributed by atoms with Gasteiger partial charge in [-0.1, -0.05) is 6.07 Å². The summed E-state index contributed by atoms with van der Waals surface area (Å²) in [6.45, 7) is 0. The third kappa shape index (κ3) is 3.83. The highest BCUT2D eigenvalue weighted by atomic mass is 32.2. The zero-order chi connectivity index (χ0) is 14.4. The van der Waals surface area contributed by atoms with Crippen molar-refractivity contribution in [3.05, 3.63) is 54.2 Å². The van der Waals surface area contributed by atoms with E-state index in [2.05, 4.69) is 4.98 Å². The molecular weight excluding hydrogens is 292 g/mol. The Morgan fingerprint density at radius 2 is 1.90 bits per heavy atom. The van der Waals surface area contributed by atoms with Gasteiger partial charge in [-0.25, -0.2) is 13.4 Å². The summed E-state index contributed by atoms with van der Waals surface area (Å²) < 4.78 is 24.2. The van der Waals surface area contributed by atoms with Crippen molar-refractivity contribution in [3.8, 4) is 6.07 Å². The maximum Gasteiger partial charge on any atom is 0.179 e. The highest BCUT2D eigenvalue weighted by Gasteiger charge is 2.14. The van der Waals surface area contributed by atoms with Gasteiger partial charge in [-0.3, -0.25) is 0 Å². The van der Waals surface area contributed by atoms with Crippen molar-refractivity contribution in [2.24, 2.45) is 0 Å². The van der Waals surface area contributed by atoms with Crippen LogP contribution in [0.3, 0.4) is 0 Å². The van der Waals surface area contributed by atoms with Gasteiger partial charge in [-0.15, -0.1) is 11.8 Å². The quantitative estimate of drug-likeness (QED) is 0.794. The van der Waals surface area contributed by atoms with Crippen LogP contribution < -0.4 is 0 Å². The zero-order valence-electron chi connectivity index (χ0n) is 10.6. The van der Waals surface area contributed by atoms with E-state index in [0.717, 1.165) is 5.03 Å².